The second-order valence-corrected chi connectivity index (χ2v) is 5.86. The van der Waals surface area contributed by atoms with Gasteiger partial charge in [-0.1, -0.05) is 38.1 Å². The van der Waals surface area contributed by atoms with Crippen LogP contribution in [0.1, 0.15) is 55.1 Å². The van der Waals surface area contributed by atoms with E-state index in [2.05, 4.69) is 26.0 Å². The van der Waals surface area contributed by atoms with Gasteiger partial charge in [0.2, 0.25) is 0 Å². The normalized spacial score (nSPS) is 21.0. The number of benzene rings is 2. The molecule has 2 atom stereocenters. The molecule has 2 aromatic rings. The first-order chi connectivity index (χ1) is 10.0. The molecule has 1 aliphatic rings. The highest BCUT2D eigenvalue weighted by atomic mass is 19.1. The van der Waals surface area contributed by atoms with Crippen LogP contribution in [-0.4, -0.2) is 5.11 Å². The lowest BCUT2D eigenvalue weighted by atomic mass is 9.93. The van der Waals surface area contributed by atoms with Crippen molar-refractivity contribution in [1.29, 1.82) is 0 Å². The third-order valence-corrected chi connectivity index (χ3v) is 4.01. The van der Waals surface area contributed by atoms with E-state index in [9.17, 15) is 9.50 Å². The summed E-state index contributed by atoms with van der Waals surface area (Å²) in [6.45, 7) is 4.31. The first-order valence-electron chi connectivity index (χ1n) is 7.28. The lowest BCUT2D eigenvalue weighted by molar-refractivity contribution is 0.0653. The number of aliphatic hydroxyl groups is 1. The molecule has 0 spiro atoms. The van der Waals surface area contributed by atoms with Gasteiger partial charge in [-0.05, 0) is 35.2 Å². The Morgan fingerprint density at radius 3 is 2.52 bits per heavy atom. The quantitative estimate of drug-likeness (QED) is 0.880. The van der Waals surface area contributed by atoms with Crippen molar-refractivity contribution in [1.82, 2.24) is 0 Å². The Hall–Kier alpha value is -1.87. The van der Waals surface area contributed by atoms with E-state index in [1.165, 1.54) is 17.7 Å². The largest absolute Gasteiger partial charge is 0.485 e. The maximum Gasteiger partial charge on any atom is 0.127 e. The minimum Gasteiger partial charge on any atom is -0.485 e. The number of fused-ring (bicyclic) bond motifs is 1. The Morgan fingerprint density at radius 2 is 1.86 bits per heavy atom. The molecule has 0 saturated carbocycles. The monoisotopic (exact) mass is 286 g/mol. The molecule has 2 nitrogen and oxygen atoms in total. The van der Waals surface area contributed by atoms with Crippen LogP contribution < -0.4 is 4.74 Å². The van der Waals surface area contributed by atoms with Gasteiger partial charge in [0.05, 0.1) is 6.10 Å². The Labute approximate surface area is 124 Å². The summed E-state index contributed by atoms with van der Waals surface area (Å²) in [5, 5.41) is 10.2. The standard InChI is InChI=1S/C18H19FO2/c1-11(2)12-3-5-13(6-4-12)18-10-16(20)15-9-14(19)7-8-17(15)21-18/h3-9,11,16,18,20H,10H2,1-2H3/t16-,18?/m1/s1. The molecule has 2 aromatic carbocycles. The fourth-order valence-corrected chi connectivity index (χ4v) is 2.72. The molecule has 21 heavy (non-hydrogen) atoms. The lowest BCUT2D eigenvalue weighted by Gasteiger charge is -2.30. The maximum atomic E-state index is 13.2. The van der Waals surface area contributed by atoms with Gasteiger partial charge in [-0.25, -0.2) is 4.39 Å². The van der Waals surface area contributed by atoms with E-state index in [0.717, 1.165) is 5.56 Å². The van der Waals surface area contributed by atoms with E-state index >= 15 is 0 Å². The van der Waals surface area contributed by atoms with Crippen molar-refractivity contribution in [2.24, 2.45) is 0 Å². The van der Waals surface area contributed by atoms with Gasteiger partial charge >= 0.3 is 0 Å². The van der Waals surface area contributed by atoms with Crippen molar-refractivity contribution in [2.45, 2.75) is 38.4 Å². The van der Waals surface area contributed by atoms with Gasteiger partial charge < -0.3 is 9.84 Å². The van der Waals surface area contributed by atoms with Gasteiger partial charge in [-0.3, -0.25) is 0 Å². The third kappa shape index (κ3) is 2.79. The summed E-state index contributed by atoms with van der Waals surface area (Å²) in [6.07, 6.45) is -0.448. The average Bonchev–Trinajstić information content (AvgIpc) is 2.48. The maximum absolute atomic E-state index is 13.2. The number of aliphatic hydroxyl groups excluding tert-OH is 1. The molecule has 0 saturated heterocycles. The Morgan fingerprint density at radius 1 is 1.14 bits per heavy atom. The number of hydrogen-bond donors (Lipinski definition) is 1. The molecule has 0 aromatic heterocycles. The van der Waals surface area contributed by atoms with E-state index < -0.39 is 6.10 Å². The Bertz CT molecular complexity index is 634. The Kier molecular flexibility index (Phi) is 3.68. The van der Waals surface area contributed by atoms with Crippen LogP contribution in [0.5, 0.6) is 5.75 Å². The van der Waals surface area contributed by atoms with E-state index in [-0.39, 0.29) is 11.9 Å². The minimum atomic E-state index is -0.695. The van der Waals surface area contributed by atoms with Crippen LogP contribution in [0.25, 0.3) is 0 Å². The molecule has 0 radical (unpaired) electrons. The van der Waals surface area contributed by atoms with Crippen LogP contribution in [0.3, 0.4) is 0 Å². The van der Waals surface area contributed by atoms with Crippen LogP contribution in [0.15, 0.2) is 42.5 Å². The number of hydrogen-bond acceptors (Lipinski definition) is 2. The molecule has 110 valence electrons. The zero-order valence-electron chi connectivity index (χ0n) is 12.2. The number of rotatable bonds is 2. The SMILES string of the molecule is CC(C)c1ccc(C2C[C@@H](O)c3cc(F)ccc3O2)cc1. The van der Waals surface area contributed by atoms with Crippen molar-refractivity contribution >= 4 is 0 Å². The highest BCUT2D eigenvalue weighted by Crippen LogP contribution is 2.41. The van der Waals surface area contributed by atoms with E-state index in [4.69, 9.17) is 4.74 Å². The summed E-state index contributed by atoms with van der Waals surface area (Å²) in [4.78, 5) is 0. The fraction of sp³-hybridized carbons (Fsp3) is 0.333. The molecule has 1 aliphatic heterocycles. The van der Waals surface area contributed by atoms with E-state index in [0.29, 0.717) is 23.7 Å². The van der Waals surface area contributed by atoms with Gasteiger partial charge in [0.15, 0.2) is 0 Å². The summed E-state index contributed by atoms with van der Waals surface area (Å²) in [6, 6.07) is 12.6. The van der Waals surface area contributed by atoms with Crippen LogP contribution in [0.4, 0.5) is 4.39 Å². The van der Waals surface area contributed by atoms with E-state index in [1.54, 1.807) is 6.07 Å². The predicted octanol–water partition coefficient (Wildman–Crippen LogP) is 4.51. The summed E-state index contributed by atoms with van der Waals surface area (Å²) in [5.74, 6) is 0.699. The third-order valence-electron chi connectivity index (χ3n) is 4.01. The first-order valence-corrected chi connectivity index (χ1v) is 7.28. The first kappa shape index (κ1) is 14.1. The van der Waals surface area contributed by atoms with Gasteiger partial charge in [-0.15, -0.1) is 0 Å². The molecule has 0 fully saturated rings. The fourth-order valence-electron chi connectivity index (χ4n) is 2.72. The topological polar surface area (TPSA) is 29.5 Å². The van der Waals surface area contributed by atoms with Crippen molar-refractivity contribution in [3.8, 4) is 5.75 Å². The Balaban J connectivity index is 1.86. The molecule has 3 rings (SSSR count). The smallest absolute Gasteiger partial charge is 0.127 e. The van der Waals surface area contributed by atoms with Crippen LogP contribution in [-0.2, 0) is 0 Å². The van der Waals surface area contributed by atoms with E-state index in [1.807, 2.05) is 12.1 Å². The summed E-state index contributed by atoms with van der Waals surface area (Å²) < 4.78 is 19.2. The van der Waals surface area contributed by atoms with Crippen LogP contribution >= 0.6 is 0 Å². The van der Waals surface area contributed by atoms with Gasteiger partial charge in [0.25, 0.3) is 0 Å². The zero-order chi connectivity index (χ0) is 15.0. The molecule has 0 aliphatic carbocycles. The molecule has 0 bridgehead atoms. The highest BCUT2D eigenvalue weighted by Gasteiger charge is 2.28. The summed E-state index contributed by atoms with van der Waals surface area (Å²) in [7, 11) is 0. The van der Waals surface area contributed by atoms with Crippen LogP contribution in [0.2, 0.25) is 0 Å². The van der Waals surface area contributed by atoms with Crippen molar-refractivity contribution in [3.05, 3.63) is 65.0 Å². The van der Waals surface area contributed by atoms with Crippen molar-refractivity contribution in [2.75, 3.05) is 0 Å². The average molecular weight is 286 g/mol. The highest BCUT2D eigenvalue weighted by molar-refractivity contribution is 5.39. The van der Waals surface area contributed by atoms with Gasteiger partial charge in [-0.2, -0.15) is 0 Å². The molecule has 0 amide bonds. The summed E-state index contributed by atoms with van der Waals surface area (Å²) in [5.41, 5.74) is 2.84. The number of halogens is 1. The van der Waals surface area contributed by atoms with Crippen molar-refractivity contribution in [3.63, 3.8) is 0 Å². The molecular formula is C18H19FO2. The number of ether oxygens (including phenoxy) is 1. The molecular weight excluding hydrogens is 267 g/mol. The lowest BCUT2D eigenvalue weighted by Crippen LogP contribution is -2.19. The second-order valence-electron chi connectivity index (χ2n) is 5.86. The minimum absolute atomic E-state index is 0.195. The molecule has 1 heterocycles. The summed E-state index contributed by atoms with van der Waals surface area (Å²) >= 11 is 0. The van der Waals surface area contributed by atoms with Crippen LogP contribution in [0, 0.1) is 5.82 Å². The molecule has 3 heteroatoms. The molecule has 1 N–H and O–H groups in total. The molecule has 1 unspecified atom stereocenters. The second kappa shape index (κ2) is 5.49. The predicted molar refractivity (Wildman–Crippen MR) is 79.9 cm³/mol. The van der Waals surface area contributed by atoms with Gasteiger partial charge in [0.1, 0.15) is 17.7 Å². The van der Waals surface area contributed by atoms with Gasteiger partial charge in [0, 0.05) is 12.0 Å². The zero-order valence-corrected chi connectivity index (χ0v) is 12.2. The van der Waals surface area contributed by atoms with Crippen molar-refractivity contribution < 1.29 is 14.2 Å².